The maximum absolute atomic E-state index is 13.6. The van der Waals surface area contributed by atoms with Crippen LogP contribution in [0.5, 0.6) is 5.75 Å². The zero-order valence-electron chi connectivity index (χ0n) is 21.2. The zero-order valence-corrected chi connectivity index (χ0v) is 21.2. The Balaban J connectivity index is 1.59. The van der Waals surface area contributed by atoms with E-state index in [2.05, 4.69) is 10.2 Å². The van der Waals surface area contributed by atoms with Crippen molar-refractivity contribution in [1.82, 2.24) is 20.0 Å². The van der Waals surface area contributed by atoms with Gasteiger partial charge in [0.25, 0.3) is 5.91 Å². The molecule has 2 aromatic rings. The summed E-state index contributed by atoms with van der Waals surface area (Å²) in [4.78, 5) is 44.2. The molecule has 0 aromatic heterocycles. The molecule has 2 aliphatic heterocycles. The van der Waals surface area contributed by atoms with E-state index in [4.69, 9.17) is 9.47 Å². The molecule has 1 fully saturated rings. The van der Waals surface area contributed by atoms with Crippen molar-refractivity contribution in [1.29, 1.82) is 0 Å². The van der Waals surface area contributed by atoms with Crippen LogP contribution < -0.4 is 10.1 Å². The minimum Gasteiger partial charge on any atom is -0.496 e. The van der Waals surface area contributed by atoms with E-state index in [1.54, 1.807) is 31.0 Å². The Morgan fingerprint density at radius 2 is 1.81 bits per heavy atom. The molecule has 1 N–H and O–H groups in total. The van der Waals surface area contributed by atoms with E-state index in [9.17, 15) is 18.8 Å². The molecule has 2 heterocycles. The molecule has 1 unspecified atom stereocenters. The van der Waals surface area contributed by atoms with Crippen molar-refractivity contribution in [2.45, 2.75) is 13.0 Å². The molecular formula is C27H31FN4O5. The monoisotopic (exact) mass is 510 g/mol. The molecular weight excluding hydrogens is 479 g/mol. The van der Waals surface area contributed by atoms with Gasteiger partial charge in [-0.25, -0.2) is 14.0 Å². The van der Waals surface area contributed by atoms with Gasteiger partial charge in [0.1, 0.15) is 11.6 Å². The lowest BCUT2D eigenvalue weighted by molar-refractivity contribution is -0.139. The normalized spacial score (nSPS) is 18.5. The van der Waals surface area contributed by atoms with Crippen molar-refractivity contribution < 1.29 is 28.2 Å². The number of carbonyl (C=O) groups excluding carboxylic acids is 3. The largest absolute Gasteiger partial charge is 0.496 e. The summed E-state index contributed by atoms with van der Waals surface area (Å²) >= 11 is 0. The van der Waals surface area contributed by atoms with Crippen LogP contribution in [-0.2, 0) is 9.53 Å². The molecule has 9 nitrogen and oxygen atoms in total. The van der Waals surface area contributed by atoms with E-state index in [1.807, 2.05) is 18.2 Å². The molecule has 0 saturated carbocycles. The number of nitrogens with zero attached hydrogens (tertiary/aromatic N) is 3. The number of nitrogens with one attached hydrogen (secondary N) is 1. The predicted molar refractivity (Wildman–Crippen MR) is 134 cm³/mol. The maximum Gasteiger partial charge on any atom is 0.338 e. The summed E-state index contributed by atoms with van der Waals surface area (Å²) in [7, 11) is 3.15. The second-order valence-corrected chi connectivity index (χ2v) is 8.84. The highest BCUT2D eigenvalue weighted by Crippen LogP contribution is 2.35. The Kier molecular flexibility index (Phi) is 8.08. The number of methoxy groups -OCH3 is 1. The Bertz CT molecular complexity index is 1210. The summed E-state index contributed by atoms with van der Waals surface area (Å²) in [5.41, 5.74) is 1.83. The van der Waals surface area contributed by atoms with Gasteiger partial charge >= 0.3 is 12.0 Å². The summed E-state index contributed by atoms with van der Waals surface area (Å²) in [6.45, 7) is 4.14. The molecule has 37 heavy (non-hydrogen) atoms. The fourth-order valence-electron chi connectivity index (χ4n) is 4.66. The van der Waals surface area contributed by atoms with Crippen LogP contribution >= 0.6 is 0 Å². The fourth-order valence-corrected chi connectivity index (χ4v) is 4.66. The third-order valence-corrected chi connectivity index (χ3v) is 6.63. The number of hydrogen-bond acceptors (Lipinski definition) is 6. The predicted octanol–water partition coefficient (Wildman–Crippen LogP) is 2.81. The number of rotatable bonds is 7. The van der Waals surface area contributed by atoms with Crippen molar-refractivity contribution >= 4 is 17.9 Å². The molecule has 0 spiro atoms. The third-order valence-electron chi connectivity index (χ3n) is 6.63. The molecule has 4 rings (SSSR count). The first-order valence-corrected chi connectivity index (χ1v) is 12.2. The maximum atomic E-state index is 13.6. The van der Waals surface area contributed by atoms with Crippen molar-refractivity contribution in [3.05, 3.63) is 76.7 Å². The average molecular weight is 511 g/mol. The number of halogens is 1. The summed E-state index contributed by atoms with van der Waals surface area (Å²) in [6.07, 6.45) is 0. The highest BCUT2D eigenvalue weighted by Gasteiger charge is 2.38. The molecule has 0 radical (unpaired) electrons. The number of carbonyl (C=O) groups is 3. The molecule has 1 atom stereocenters. The number of piperazine rings is 1. The van der Waals surface area contributed by atoms with E-state index in [1.165, 1.54) is 30.2 Å². The van der Waals surface area contributed by atoms with E-state index < -0.39 is 17.8 Å². The number of urea groups is 1. The van der Waals surface area contributed by atoms with Gasteiger partial charge in [-0.15, -0.1) is 0 Å². The molecule has 2 aromatic carbocycles. The molecule has 10 heteroatoms. The SMILES string of the molecule is CCOC(=O)C1=C(CN2CCN(C(=O)c3cccc(F)c3)CC2)N(C)C(=O)NC1c1ccccc1OC. The van der Waals surface area contributed by atoms with Crippen LogP contribution in [0.4, 0.5) is 9.18 Å². The summed E-state index contributed by atoms with van der Waals surface area (Å²) < 4.78 is 24.5. The molecule has 1 saturated heterocycles. The van der Waals surface area contributed by atoms with Gasteiger partial charge in [0.05, 0.1) is 25.3 Å². The van der Waals surface area contributed by atoms with Crippen LogP contribution in [0.25, 0.3) is 0 Å². The van der Waals surface area contributed by atoms with Gasteiger partial charge in [-0.2, -0.15) is 0 Å². The fraction of sp³-hybridized carbons (Fsp3) is 0.370. The Morgan fingerprint density at radius 1 is 1.08 bits per heavy atom. The van der Waals surface area contributed by atoms with E-state index >= 15 is 0 Å². The number of ether oxygens (including phenoxy) is 2. The molecule has 3 amide bonds. The number of benzene rings is 2. The van der Waals surface area contributed by atoms with E-state index in [0.29, 0.717) is 60.9 Å². The van der Waals surface area contributed by atoms with Crippen LogP contribution in [0.1, 0.15) is 28.9 Å². The first-order chi connectivity index (χ1) is 17.8. The number of likely N-dealkylation sites (N-methyl/N-ethyl adjacent to an activating group) is 1. The third kappa shape index (κ3) is 5.59. The lowest BCUT2D eigenvalue weighted by atomic mass is 9.93. The van der Waals surface area contributed by atoms with Crippen molar-refractivity contribution in [3.63, 3.8) is 0 Å². The van der Waals surface area contributed by atoms with Crippen LogP contribution in [-0.4, -0.2) is 86.1 Å². The van der Waals surface area contributed by atoms with E-state index in [-0.39, 0.29) is 18.5 Å². The summed E-state index contributed by atoms with van der Waals surface area (Å²) in [5.74, 6) is -0.648. The minimum atomic E-state index is -0.746. The molecule has 0 bridgehead atoms. The van der Waals surface area contributed by atoms with Crippen LogP contribution in [0.3, 0.4) is 0 Å². The number of amides is 3. The zero-order chi connectivity index (χ0) is 26.5. The molecule has 2 aliphatic rings. The molecule has 0 aliphatic carbocycles. The Labute approximate surface area is 215 Å². The van der Waals surface area contributed by atoms with Crippen molar-refractivity contribution in [2.75, 3.05) is 53.5 Å². The van der Waals surface area contributed by atoms with E-state index in [0.717, 1.165) is 0 Å². The highest BCUT2D eigenvalue weighted by molar-refractivity contribution is 5.95. The summed E-state index contributed by atoms with van der Waals surface area (Å²) in [6, 6.07) is 11.8. The Morgan fingerprint density at radius 3 is 2.49 bits per heavy atom. The quantitative estimate of drug-likeness (QED) is 0.576. The van der Waals surface area contributed by atoms with Gasteiger partial charge in [-0.1, -0.05) is 24.3 Å². The van der Waals surface area contributed by atoms with Gasteiger partial charge in [-0.3, -0.25) is 14.6 Å². The lowest BCUT2D eigenvalue weighted by Gasteiger charge is -2.39. The van der Waals surface area contributed by atoms with Gasteiger partial charge in [0, 0.05) is 56.6 Å². The number of esters is 1. The van der Waals surface area contributed by atoms with Crippen molar-refractivity contribution in [3.8, 4) is 5.75 Å². The first kappa shape index (κ1) is 26.2. The van der Waals surface area contributed by atoms with Crippen molar-refractivity contribution in [2.24, 2.45) is 0 Å². The standard InChI is InChI=1S/C27H31FN4O5/c1-4-37-26(34)23-21(30(2)27(35)29-24(23)20-10-5-6-11-22(20)36-3)17-31-12-14-32(15-13-31)25(33)18-8-7-9-19(28)16-18/h5-11,16,24H,4,12-15,17H2,1-3H3,(H,29,35). The molecule has 196 valence electrons. The first-order valence-electron chi connectivity index (χ1n) is 12.2. The second-order valence-electron chi connectivity index (χ2n) is 8.84. The highest BCUT2D eigenvalue weighted by atomic mass is 19.1. The van der Waals surface area contributed by atoms with Crippen LogP contribution in [0.2, 0.25) is 0 Å². The average Bonchev–Trinajstić information content (AvgIpc) is 2.91. The second kappa shape index (κ2) is 11.4. The number of hydrogen-bond donors (Lipinski definition) is 1. The van der Waals surface area contributed by atoms with Gasteiger partial charge < -0.3 is 19.7 Å². The minimum absolute atomic E-state index is 0.187. The van der Waals surface area contributed by atoms with Gasteiger partial charge in [0.2, 0.25) is 0 Å². The smallest absolute Gasteiger partial charge is 0.338 e. The van der Waals surface area contributed by atoms with Gasteiger partial charge in [-0.05, 0) is 31.2 Å². The van der Waals surface area contributed by atoms with Gasteiger partial charge in [0.15, 0.2) is 0 Å². The lowest BCUT2D eigenvalue weighted by Crippen LogP contribution is -2.53. The number of para-hydroxylation sites is 1. The topological polar surface area (TPSA) is 91.4 Å². The summed E-state index contributed by atoms with van der Waals surface area (Å²) in [5, 5.41) is 2.90. The van der Waals surface area contributed by atoms with Crippen LogP contribution in [0.15, 0.2) is 59.8 Å². The Hall–Kier alpha value is -3.92. The van der Waals surface area contributed by atoms with Crippen LogP contribution in [0, 0.1) is 5.82 Å².